The van der Waals surface area contributed by atoms with Gasteiger partial charge < -0.3 is 10.3 Å². The first kappa shape index (κ1) is 13.6. The molecule has 2 heterocycles. The van der Waals surface area contributed by atoms with Gasteiger partial charge in [0, 0.05) is 10.6 Å². The zero-order valence-electron chi connectivity index (χ0n) is 11.3. The number of anilines is 1. The van der Waals surface area contributed by atoms with Crippen molar-refractivity contribution in [1.29, 1.82) is 0 Å². The molecule has 108 valence electrons. The van der Waals surface area contributed by atoms with Gasteiger partial charge in [0.15, 0.2) is 5.82 Å². The van der Waals surface area contributed by atoms with Crippen LogP contribution < -0.4 is 5.73 Å². The lowest BCUT2D eigenvalue weighted by Crippen LogP contribution is -2.07. The summed E-state index contributed by atoms with van der Waals surface area (Å²) in [5, 5.41) is 12.4. The Kier molecular flexibility index (Phi) is 3.57. The molecule has 2 aromatic heterocycles. The average Bonchev–Trinajstić information content (AvgIpc) is 3.07. The van der Waals surface area contributed by atoms with Crippen LogP contribution in [-0.4, -0.2) is 25.1 Å². The second kappa shape index (κ2) is 5.53. The minimum absolute atomic E-state index is 0.341. The van der Waals surface area contributed by atoms with Crippen LogP contribution >= 0.6 is 11.6 Å². The van der Waals surface area contributed by atoms with Crippen LogP contribution in [0.2, 0.25) is 5.02 Å². The molecule has 0 radical (unpaired) electrons. The molecule has 0 aliphatic carbocycles. The van der Waals surface area contributed by atoms with Gasteiger partial charge in [-0.2, -0.15) is 4.98 Å². The fourth-order valence-electron chi connectivity index (χ4n) is 2.00. The molecule has 0 bridgehead atoms. The summed E-state index contributed by atoms with van der Waals surface area (Å²) in [6.07, 6.45) is 0.733. The topological polar surface area (TPSA) is 95.7 Å². The predicted molar refractivity (Wildman–Crippen MR) is 77.7 cm³/mol. The minimum atomic E-state index is 0.341. The number of hydrogen-bond acceptors (Lipinski definition) is 6. The number of benzene rings is 1. The number of halogens is 1. The van der Waals surface area contributed by atoms with Crippen molar-refractivity contribution in [2.24, 2.45) is 0 Å². The van der Waals surface area contributed by atoms with Gasteiger partial charge in [-0.25, -0.2) is 4.68 Å². The van der Waals surface area contributed by atoms with Gasteiger partial charge in [-0.15, -0.1) is 5.10 Å². The Morgan fingerprint density at radius 2 is 2.05 bits per heavy atom. The monoisotopic (exact) mass is 304 g/mol. The molecule has 0 aliphatic rings. The van der Waals surface area contributed by atoms with Crippen LogP contribution in [0.25, 0.3) is 11.4 Å². The largest absolute Gasteiger partial charge is 0.381 e. The molecule has 0 saturated heterocycles. The van der Waals surface area contributed by atoms with Crippen molar-refractivity contribution in [3.8, 4) is 11.4 Å². The molecule has 0 fully saturated rings. The number of nitrogens with two attached hydrogens (primary N) is 1. The molecule has 0 aliphatic heterocycles. The summed E-state index contributed by atoms with van der Waals surface area (Å²) in [5.41, 5.74) is 7.43. The summed E-state index contributed by atoms with van der Waals surface area (Å²) in [4.78, 5) is 4.34. The Morgan fingerprint density at radius 1 is 1.29 bits per heavy atom. The van der Waals surface area contributed by atoms with E-state index in [1.807, 2.05) is 19.1 Å². The molecule has 0 atom stereocenters. The molecule has 1 aromatic carbocycles. The molecule has 0 unspecified atom stereocenters. The number of nitrogens with zero attached hydrogens (tertiary/aromatic N) is 5. The molecular weight excluding hydrogens is 292 g/mol. The summed E-state index contributed by atoms with van der Waals surface area (Å²) in [6.45, 7) is 2.33. The lowest BCUT2D eigenvalue weighted by Gasteiger charge is -2.00. The number of aromatic nitrogens is 5. The molecule has 0 amide bonds. The zero-order chi connectivity index (χ0) is 14.8. The highest BCUT2D eigenvalue weighted by Gasteiger charge is 2.13. The molecule has 21 heavy (non-hydrogen) atoms. The highest BCUT2D eigenvalue weighted by atomic mass is 35.5. The van der Waals surface area contributed by atoms with Gasteiger partial charge in [-0.3, -0.25) is 0 Å². The maximum Gasteiger partial charge on any atom is 0.248 e. The molecule has 3 rings (SSSR count). The first-order valence-electron chi connectivity index (χ1n) is 6.43. The van der Waals surface area contributed by atoms with E-state index < -0.39 is 0 Å². The highest BCUT2D eigenvalue weighted by molar-refractivity contribution is 6.30. The lowest BCUT2D eigenvalue weighted by molar-refractivity contribution is 0.363. The van der Waals surface area contributed by atoms with Crippen LogP contribution in [0.3, 0.4) is 0 Å². The Bertz CT molecular complexity index is 748. The SMILES string of the molecule is CCc1c(N)nnn1Cc1nc(-c2ccc(Cl)cc2)no1. The van der Waals surface area contributed by atoms with Crippen molar-refractivity contribution in [2.45, 2.75) is 19.9 Å². The molecule has 3 aromatic rings. The van der Waals surface area contributed by atoms with E-state index in [2.05, 4.69) is 20.5 Å². The Labute approximate surface area is 125 Å². The molecule has 2 N–H and O–H groups in total. The van der Waals surface area contributed by atoms with Crippen molar-refractivity contribution in [3.63, 3.8) is 0 Å². The number of rotatable bonds is 4. The van der Waals surface area contributed by atoms with Gasteiger partial charge >= 0.3 is 0 Å². The van der Waals surface area contributed by atoms with Crippen LogP contribution in [0.15, 0.2) is 28.8 Å². The number of hydrogen-bond donors (Lipinski definition) is 1. The van der Waals surface area contributed by atoms with Gasteiger partial charge in [0.1, 0.15) is 6.54 Å². The standard InChI is InChI=1S/C13H13ClN6O/c1-2-10-12(15)17-19-20(10)7-11-16-13(18-21-11)8-3-5-9(14)6-4-8/h3-6H,2,7,15H2,1H3. The first-order valence-corrected chi connectivity index (χ1v) is 6.81. The van der Waals surface area contributed by atoms with Gasteiger partial charge in [-0.05, 0) is 30.7 Å². The Morgan fingerprint density at radius 3 is 2.76 bits per heavy atom. The van der Waals surface area contributed by atoms with E-state index in [1.54, 1.807) is 16.8 Å². The second-order valence-corrected chi connectivity index (χ2v) is 4.89. The van der Waals surface area contributed by atoms with Crippen molar-refractivity contribution < 1.29 is 4.52 Å². The summed E-state index contributed by atoms with van der Waals surface area (Å²) in [5.74, 6) is 1.38. The Hall–Kier alpha value is -2.41. The van der Waals surface area contributed by atoms with E-state index in [4.69, 9.17) is 21.9 Å². The van der Waals surface area contributed by atoms with Gasteiger partial charge in [0.2, 0.25) is 11.7 Å². The van der Waals surface area contributed by atoms with E-state index in [0.717, 1.165) is 17.7 Å². The van der Waals surface area contributed by atoms with Crippen LogP contribution in [0.1, 0.15) is 18.5 Å². The van der Waals surface area contributed by atoms with Crippen LogP contribution in [0.5, 0.6) is 0 Å². The van der Waals surface area contributed by atoms with E-state index in [9.17, 15) is 0 Å². The molecular formula is C13H13ClN6O. The minimum Gasteiger partial charge on any atom is -0.381 e. The molecule has 0 saturated carbocycles. The lowest BCUT2D eigenvalue weighted by atomic mass is 10.2. The van der Waals surface area contributed by atoms with Crippen molar-refractivity contribution in [1.82, 2.24) is 25.1 Å². The Balaban J connectivity index is 1.83. The molecule has 8 heteroatoms. The summed E-state index contributed by atoms with van der Waals surface area (Å²) in [7, 11) is 0. The smallest absolute Gasteiger partial charge is 0.248 e. The summed E-state index contributed by atoms with van der Waals surface area (Å²) >= 11 is 5.85. The van der Waals surface area contributed by atoms with Crippen LogP contribution in [-0.2, 0) is 13.0 Å². The second-order valence-electron chi connectivity index (χ2n) is 4.45. The van der Waals surface area contributed by atoms with E-state index >= 15 is 0 Å². The first-order chi connectivity index (χ1) is 10.2. The molecule has 0 spiro atoms. The van der Waals surface area contributed by atoms with E-state index in [-0.39, 0.29) is 0 Å². The van der Waals surface area contributed by atoms with E-state index in [1.165, 1.54) is 0 Å². The number of nitrogen functional groups attached to an aromatic ring is 1. The normalized spacial score (nSPS) is 11.0. The maximum absolute atomic E-state index is 5.85. The van der Waals surface area contributed by atoms with Crippen LogP contribution in [0, 0.1) is 0 Å². The van der Waals surface area contributed by atoms with Gasteiger partial charge in [0.25, 0.3) is 0 Å². The summed E-state index contributed by atoms with van der Waals surface area (Å²) in [6, 6.07) is 7.23. The summed E-state index contributed by atoms with van der Waals surface area (Å²) < 4.78 is 6.90. The fraction of sp³-hybridized carbons (Fsp3) is 0.231. The molecule has 7 nitrogen and oxygen atoms in total. The predicted octanol–water partition coefficient (Wildman–Crippen LogP) is 2.17. The maximum atomic E-state index is 5.85. The van der Waals surface area contributed by atoms with E-state index in [0.29, 0.717) is 29.1 Å². The van der Waals surface area contributed by atoms with Gasteiger partial charge in [-0.1, -0.05) is 28.9 Å². The van der Waals surface area contributed by atoms with Gasteiger partial charge in [0.05, 0.1) is 5.69 Å². The van der Waals surface area contributed by atoms with Crippen LogP contribution in [0.4, 0.5) is 5.82 Å². The third kappa shape index (κ3) is 2.73. The highest BCUT2D eigenvalue weighted by Crippen LogP contribution is 2.19. The van der Waals surface area contributed by atoms with Crippen molar-refractivity contribution >= 4 is 17.4 Å². The zero-order valence-corrected chi connectivity index (χ0v) is 12.1. The quantitative estimate of drug-likeness (QED) is 0.793. The third-order valence-electron chi connectivity index (χ3n) is 3.06. The fourth-order valence-corrected chi connectivity index (χ4v) is 2.13. The van der Waals surface area contributed by atoms with Crippen molar-refractivity contribution in [3.05, 3.63) is 40.9 Å². The third-order valence-corrected chi connectivity index (χ3v) is 3.31. The average molecular weight is 305 g/mol. The van der Waals surface area contributed by atoms with Crippen molar-refractivity contribution in [2.75, 3.05) is 5.73 Å².